The smallest absolute Gasteiger partial charge is 0.0725 e. The van der Waals surface area contributed by atoms with E-state index < -0.39 is 0 Å². The largest absolute Gasteiger partial charge is 0.382 e. The monoisotopic (exact) mass is 270 g/mol. The number of aryl methyl sites for hydroxylation is 1. The number of pyridine rings is 1. The van der Waals surface area contributed by atoms with Crippen LogP contribution in [-0.4, -0.2) is 11.0 Å². The first kappa shape index (κ1) is 14.8. The lowest BCUT2D eigenvalue weighted by Gasteiger charge is -2.17. The topological polar surface area (TPSA) is 24.9 Å². The van der Waals surface area contributed by atoms with Crippen LogP contribution in [0, 0.1) is 12.8 Å². The van der Waals surface area contributed by atoms with Gasteiger partial charge in [-0.1, -0.05) is 44.9 Å². The number of benzene rings is 1. The van der Waals surface area contributed by atoms with Gasteiger partial charge in [0.05, 0.1) is 5.52 Å². The second kappa shape index (κ2) is 6.74. The molecular weight excluding hydrogens is 244 g/mol. The van der Waals surface area contributed by atoms with E-state index in [1.165, 1.54) is 30.3 Å². The summed E-state index contributed by atoms with van der Waals surface area (Å²) in [4.78, 5) is 4.59. The predicted octanol–water partition coefficient (Wildman–Crippen LogP) is 5.17. The van der Waals surface area contributed by atoms with E-state index in [1.807, 2.05) is 6.07 Å². The SMILES string of the molecule is Cc1cc(NC(C)CCCC(C)C)c2ccccc2n1. The fourth-order valence-corrected chi connectivity index (χ4v) is 2.60. The van der Waals surface area contributed by atoms with Gasteiger partial charge in [-0.3, -0.25) is 4.98 Å². The molecule has 0 bridgehead atoms. The lowest BCUT2D eigenvalue weighted by Crippen LogP contribution is -2.15. The van der Waals surface area contributed by atoms with Crippen LogP contribution in [-0.2, 0) is 0 Å². The number of nitrogens with zero attached hydrogens (tertiary/aromatic N) is 1. The van der Waals surface area contributed by atoms with Gasteiger partial charge in [0, 0.05) is 22.8 Å². The normalized spacial score (nSPS) is 12.8. The quantitative estimate of drug-likeness (QED) is 0.783. The van der Waals surface area contributed by atoms with Crippen LogP contribution in [0.4, 0.5) is 5.69 Å². The van der Waals surface area contributed by atoms with Crippen LogP contribution in [0.2, 0.25) is 0 Å². The van der Waals surface area contributed by atoms with Gasteiger partial charge in [0.1, 0.15) is 0 Å². The number of hydrogen-bond donors (Lipinski definition) is 1. The molecule has 0 aliphatic heterocycles. The molecule has 1 N–H and O–H groups in total. The third-order valence-electron chi connectivity index (χ3n) is 3.66. The Kier molecular flexibility index (Phi) is 4.99. The highest BCUT2D eigenvalue weighted by Crippen LogP contribution is 2.24. The fraction of sp³-hybridized carbons (Fsp3) is 0.500. The van der Waals surface area contributed by atoms with Gasteiger partial charge in [0.15, 0.2) is 0 Å². The number of para-hydroxylation sites is 1. The van der Waals surface area contributed by atoms with Crippen molar-refractivity contribution in [2.75, 3.05) is 5.32 Å². The number of rotatable bonds is 6. The lowest BCUT2D eigenvalue weighted by molar-refractivity contribution is 0.520. The molecule has 108 valence electrons. The summed E-state index contributed by atoms with van der Waals surface area (Å²) in [5.41, 5.74) is 3.36. The maximum absolute atomic E-state index is 4.59. The third-order valence-corrected chi connectivity index (χ3v) is 3.66. The molecule has 2 aromatic rings. The summed E-state index contributed by atoms with van der Waals surface area (Å²) >= 11 is 0. The van der Waals surface area contributed by atoms with Crippen molar-refractivity contribution in [3.63, 3.8) is 0 Å². The first-order valence-corrected chi connectivity index (χ1v) is 7.69. The van der Waals surface area contributed by atoms with Crippen molar-refractivity contribution in [3.05, 3.63) is 36.0 Å². The molecule has 0 aliphatic carbocycles. The minimum Gasteiger partial charge on any atom is -0.382 e. The molecule has 20 heavy (non-hydrogen) atoms. The number of nitrogens with one attached hydrogen (secondary N) is 1. The summed E-state index contributed by atoms with van der Waals surface area (Å²) in [6, 6.07) is 11.0. The first-order valence-electron chi connectivity index (χ1n) is 7.69. The number of fused-ring (bicyclic) bond motifs is 1. The van der Waals surface area contributed by atoms with Crippen LogP contribution < -0.4 is 5.32 Å². The maximum atomic E-state index is 4.59. The second-order valence-electron chi connectivity index (χ2n) is 6.20. The number of anilines is 1. The van der Waals surface area contributed by atoms with Crippen molar-refractivity contribution < 1.29 is 0 Å². The van der Waals surface area contributed by atoms with Crippen LogP contribution >= 0.6 is 0 Å². The standard InChI is InChI=1S/C18H26N2/c1-13(2)8-7-9-14(3)19-18-12-15(4)20-17-11-6-5-10-16(17)18/h5-6,10-14H,7-9H2,1-4H3,(H,19,20). The van der Waals surface area contributed by atoms with Gasteiger partial charge in [-0.2, -0.15) is 0 Å². The summed E-state index contributed by atoms with van der Waals surface area (Å²) < 4.78 is 0. The minimum absolute atomic E-state index is 0.499. The molecule has 1 atom stereocenters. The van der Waals surface area contributed by atoms with E-state index in [0.717, 1.165) is 17.1 Å². The zero-order valence-corrected chi connectivity index (χ0v) is 13.1. The Morgan fingerprint density at radius 3 is 2.60 bits per heavy atom. The van der Waals surface area contributed by atoms with Gasteiger partial charge >= 0.3 is 0 Å². The van der Waals surface area contributed by atoms with Gasteiger partial charge in [-0.05, 0) is 38.3 Å². The minimum atomic E-state index is 0.499. The van der Waals surface area contributed by atoms with Crippen molar-refractivity contribution in [1.82, 2.24) is 4.98 Å². The van der Waals surface area contributed by atoms with Crippen LogP contribution in [0.3, 0.4) is 0 Å². The highest BCUT2D eigenvalue weighted by molar-refractivity contribution is 5.91. The molecule has 0 fully saturated rings. The molecule has 0 radical (unpaired) electrons. The Bertz CT molecular complexity index is 560. The van der Waals surface area contributed by atoms with Crippen molar-refractivity contribution in [2.45, 2.75) is 53.0 Å². The summed E-state index contributed by atoms with van der Waals surface area (Å²) in [5.74, 6) is 0.797. The van der Waals surface area contributed by atoms with Gasteiger partial charge in [0.25, 0.3) is 0 Å². The number of aromatic nitrogens is 1. The van der Waals surface area contributed by atoms with E-state index in [4.69, 9.17) is 0 Å². The number of hydrogen-bond acceptors (Lipinski definition) is 2. The van der Waals surface area contributed by atoms with Crippen LogP contribution in [0.5, 0.6) is 0 Å². The zero-order valence-electron chi connectivity index (χ0n) is 13.1. The lowest BCUT2D eigenvalue weighted by atomic mass is 10.0. The van der Waals surface area contributed by atoms with E-state index in [-0.39, 0.29) is 0 Å². The zero-order chi connectivity index (χ0) is 14.5. The summed E-state index contributed by atoms with van der Waals surface area (Å²) in [7, 11) is 0. The molecule has 0 saturated carbocycles. The van der Waals surface area contributed by atoms with E-state index >= 15 is 0 Å². The van der Waals surface area contributed by atoms with Crippen molar-refractivity contribution in [2.24, 2.45) is 5.92 Å². The van der Waals surface area contributed by atoms with Crippen LogP contribution in [0.1, 0.15) is 45.7 Å². The molecule has 1 heterocycles. The first-order chi connectivity index (χ1) is 9.56. The summed E-state index contributed by atoms with van der Waals surface area (Å²) in [6.45, 7) is 8.90. The second-order valence-corrected chi connectivity index (χ2v) is 6.20. The Morgan fingerprint density at radius 2 is 1.85 bits per heavy atom. The van der Waals surface area contributed by atoms with Crippen molar-refractivity contribution >= 4 is 16.6 Å². The van der Waals surface area contributed by atoms with E-state index in [2.05, 4.69) is 62.3 Å². The molecule has 1 aromatic carbocycles. The Morgan fingerprint density at radius 1 is 1.10 bits per heavy atom. The molecule has 1 unspecified atom stereocenters. The molecule has 0 spiro atoms. The van der Waals surface area contributed by atoms with Crippen molar-refractivity contribution in [1.29, 1.82) is 0 Å². The molecule has 2 rings (SSSR count). The van der Waals surface area contributed by atoms with Gasteiger partial charge < -0.3 is 5.32 Å². The average Bonchev–Trinajstić information content (AvgIpc) is 2.38. The van der Waals surface area contributed by atoms with Crippen LogP contribution in [0.15, 0.2) is 30.3 Å². The van der Waals surface area contributed by atoms with Crippen LogP contribution in [0.25, 0.3) is 10.9 Å². The van der Waals surface area contributed by atoms with E-state index in [0.29, 0.717) is 6.04 Å². The van der Waals surface area contributed by atoms with Gasteiger partial charge in [-0.15, -0.1) is 0 Å². The molecule has 2 nitrogen and oxygen atoms in total. The van der Waals surface area contributed by atoms with E-state index in [1.54, 1.807) is 0 Å². The average molecular weight is 270 g/mol. The maximum Gasteiger partial charge on any atom is 0.0725 e. The Balaban J connectivity index is 2.08. The highest BCUT2D eigenvalue weighted by Gasteiger charge is 2.07. The summed E-state index contributed by atoms with van der Waals surface area (Å²) in [6.07, 6.45) is 3.81. The molecule has 1 aromatic heterocycles. The van der Waals surface area contributed by atoms with Gasteiger partial charge in [0.2, 0.25) is 0 Å². The third kappa shape index (κ3) is 3.96. The highest BCUT2D eigenvalue weighted by atomic mass is 14.9. The van der Waals surface area contributed by atoms with Gasteiger partial charge in [-0.25, -0.2) is 0 Å². The molecule has 0 amide bonds. The molecule has 0 aliphatic rings. The predicted molar refractivity (Wildman–Crippen MR) is 88.3 cm³/mol. The Labute approximate surface area is 122 Å². The molecule has 2 heteroatoms. The fourth-order valence-electron chi connectivity index (χ4n) is 2.60. The summed E-state index contributed by atoms with van der Waals surface area (Å²) in [5, 5.41) is 4.88. The Hall–Kier alpha value is -1.57. The molecule has 0 saturated heterocycles. The molecular formula is C18H26N2. The van der Waals surface area contributed by atoms with E-state index in [9.17, 15) is 0 Å². The van der Waals surface area contributed by atoms with Crippen molar-refractivity contribution in [3.8, 4) is 0 Å².